The molecule has 2 N–H and O–H groups in total. The van der Waals surface area contributed by atoms with Gasteiger partial charge >= 0.3 is 0 Å². The van der Waals surface area contributed by atoms with Gasteiger partial charge in [0, 0.05) is 18.5 Å². The van der Waals surface area contributed by atoms with Gasteiger partial charge in [-0.25, -0.2) is 0 Å². The first kappa shape index (κ1) is 10.9. The first-order valence-corrected chi connectivity index (χ1v) is 7.12. The minimum Gasteiger partial charge on any atom is -0.339 e. The van der Waals surface area contributed by atoms with E-state index >= 15 is 0 Å². The van der Waals surface area contributed by atoms with Gasteiger partial charge in [-0.3, -0.25) is 0 Å². The third-order valence-corrected chi connectivity index (χ3v) is 4.76. The highest BCUT2D eigenvalue weighted by Gasteiger charge is 2.43. The summed E-state index contributed by atoms with van der Waals surface area (Å²) >= 11 is 0. The van der Waals surface area contributed by atoms with Gasteiger partial charge < -0.3 is 15.2 Å². The molecule has 0 amide bonds. The van der Waals surface area contributed by atoms with Crippen molar-refractivity contribution in [1.29, 1.82) is 0 Å². The summed E-state index contributed by atoms with van der Waals surface area (Å²) in [5, 5.41) is 4.16. The molecule has 2 unspecified atom stereocenters. The third kappa shape index (κ3) is 1.68. The lowest BCUT2D eigenvalue weighted by molar-refractivity contribution is 0.124. The summed E-state index contributed by atoms with van der Waals surface area (Å²) in [6.45, 7) is 2.31. The van der Waals surface area contributed by atoms with Crippen molar-refractivity contribution in [1.82, 2.24) is 15.0 Å². The Morgan fingerprint density at radius 1 is 1.28 bits per heavy atom. The molecule has 2 atom stereocenters. The van der Waals surface area contributed by atoms with Crippen molar-refractivity contribution in [3.8, 4) is 0 Å². The minimum absolute atomic E-state index is 0.359. The van der Waals surface area contributed by atoms with Crippen molar-refractivity contribution in [2.75, 3.05) is 13.1 Å². The van der Waals surface area contributed by atoms with E-state index in [1.54, 1.807) is 0 Å². The first-order valence-electron chi connectivity index (χ1n) is 7.12. The van der Waals surface area contributed by atoms with Gasteiger partial charge in [-0.1, -0.05) is 5.16 Å². The highest BCUT2D eigenvalue weighted by Crippen LogP contribution is 2.41. The molecule has 5 nitrogen and oxygen atoms in total. The zero-order valence-electron chi connectivity index (χ0n) is 10.6. The maximum Gasteiger partial charge on any atom is 0.229 e. The number of piperidine rings is 1. The summed E-state index contributed by atoms with van der Waals surface area (Å²) in [6.07, 6.45) is 6.89. The molecule has 2 saturated heterocycles. The summed E-state index contributed by atoms with van der Waals surface area (Å²) in [6, 6.07) is 0.631. The van der Waals surface area contributed by atoms with E-state index in [4.69, 9.17) is 10.3 Å². The second kappa shape index (κ2) is 3.78. The summed E-state index contributed by atoms with van der Waals surface area (Å²) in [5.74, 6) is 2.07. The fourth-order valence-corrected chi connectivity index (χ4v) is 3.42. The van der Waals surface area contributed by atoms with Crippen LogP contribution in [-0.2, 0) is 5.54 Å². The topological polar surface area (TPSA) is 68.2 Å². The van der Waals surface area contributed by atoms with Crippen LogP contribution in [0.2, 0.25) is 0 Å². The van der Waals surface area contributed by atoms with Crippen LogP contribution in [0.3, 0.4) is 0 Å². The van der Waals surface area contributed by atoms with Gasteiger partial charge in [0.2, 0.25) is 5.89 Å². The molecule has 3 aliphatic rings. The van der Waals surface area contributed by atoms with Crippen molar-refractivity contribution in [3.05, 3.63) is 11.7 Å². The number of hydrogen-bond acceptors (Lipinski definition) is 5. The average molecular weight is 248 g/mol. The van der Waals surface area contributed by atoms with Crippen molar-refractivity contribution in [2.45, 2.75) is 56.0 Å². The SMILES string of the molecule is NC1(c2noc(C3CC3)n2)CCN2CCCC2C1. The van der Waals surface area contributed by atoms with Gasteiger partial charge in [0.25, 0.3) is 0 Å². The Labute approximate surface area is 107 Å². The van der Waals surface area contributed by atoms with E-state index in [1.165, 1.54) is 32.2 Å². The second-order valence-electron chi connectivity index (χ2n) is 6.17. The Bertz CT molecular complexity index is 456. The molecule has 0 bridgehead atoms. The quantitative estimate of drug-likeness (QED) is 0.856. The molecule has 1 aromatic rings. The van der Waals surface area contributed by atoms with Gasteiger partial charge in [0.15, 0.2) is 5.82 Å². The number of nitrogens with zero attached hydrogens (tertiary/aromatic N) is 3. The van der Waals surface area contributed by atoms with Gasteiger partial charge in [-0.2, -0.15) is 4.98 Å². The van der Waals surface area contributed by atoms with Gasteiger partial charge in [0.05, 0.1) is 5.54 Å². The van der Waals surface area contributed by atoms with E-state index in [0.29, 0.717) is 12.0 Å². The molecule has 2 aliphatic heterocycles. The molecule has 1 aliphatic carbocycles. The maximum absolute atomic E-state index is 6.56. The predicted molar refractivity (Wildman–Crippen MR) is 66.0 cm³/mol. The predicted octanol–water partition coefficient (Wildman–Crippen LogP) is 1.36. The zero-order chi connectivity index (χ0) is 12.2. The highest BCUT2D eigenvalue weighted by molar-refractivity contribution is 5.11. The Balaban J connectivity index is 1.57. The molecule has 3 fully saturated rings. The summed E-state index contributed by atoms with van der Waals surface area (Å²) in [7, 11) is 0. The van der Waals surface area contributed by atoms with E-state index in [9.17, 15) is 0 Å². The lowest BCUT2D eigenvalue weighted by atomic mass is 9.83. The number of nitrogens with two attached hydrogens (primary N) is 1. The van der Waals surface area contributed by atoms with E-state index in [0.717, 1.165) is 31.1 Å². The van der Waals surface area contributed by atoms with Crippen molar-refractivity contribution < 1.29 is 4.52 Å². The van der Waals surface area contributed by atoms with Crippen molar-refractivity contribution in [2.24, 2.45) is 5.73 Å². The highest BCUT2D eigenvalue weighted by atomic mass is 16.5. The molecule has 4 rings (SSSR count). The zero-order valence-corrected chi connectivity index (χ0v) is 10.6. The molecule has 18 heavy (non-hydrogen) atoms. The maximum atomic E-state index is 6.56. The summed E-state index contributed by atoms with van der Waals surface area (Å²) < 4.78 is 5.36. The minimum atomic E-state index is -0.359. The van der Waals surface area contributed by atoms with Crippen LogP contribution in [0.15, 0.2) is 4.52 Å². The lowest BCUT2D eigenvalue weighted by Gasteiger charge is -2.39. The summed E-state index contributed by atoms with van der Waals surface area (Å²) in [4.78, 5) is 7.12. The Morgan fingerprint density at radius 2 is 2.17 bits per heavy atom. The molecule has 1 aromatic heterocycles. The second-order valence-corrected chi connectivity index (χ2v) is 6.17. The van der Waals surface area contributed by atoms with Crippen LogP contribution < -0.4 is 5.73 Å². The fraction of sp³-hybridized carbons (Fsp3) is 0.846. The van der Waals surface area contributed by atoms with Crippen LogP contribution in [0.25, 0.3) is 0 Å². The third-order valence-electron chi connectivity index (χ3n) is 4.76. The molecule has 5 heteroatoms. The average Bonchev–Trinajstić information content (AvgIpc) is 2.92. The van der Waals surface area contributed by atoms with Crippen LogP contribution in [0.5, 0.6) is 0 Å². The van der Waals surface area contributed by atoms with Gasteiger partial charge in [-0.05, 0) is 45.1 Å². The molecular formula is C13H20N4O. The Hall–Kier alpha value is -0.940. The smallest absolute Gasteiger partial charge is 0.229 e. The molecule has 0 spiro atoms. The van der Waals surface area contributed by atoms with Crippen LogP contribution in [0.4, 0.5) is 0 Å². The molecule has 0 radical (unpaired) electrons. The van der Waals surface area contributed by atoms with Crippen molar-refractivity contribution >= 4 is 0 Å². The van der Waals surface area contributed by atoms with Crippen LogP contribution in [-0.4, -0.2) is 34.2 Å². The first-order chi connectivity index (χ1) is 8.74. The molecular weight excluding hydrogens is 228 g/mol. The molecule has 1 saturated carbocycles. The van der Waals surface area contributed by atoms with E-state index in [1.807, 2.05) is 0 Å². The van der Waals surface area contributed by atoms with E-state index in [-0.39, 0.29) is 5.54 Å². The Morgan fingerprint density at radius 3 is 3.00 bits per heavy atom. The molecule has 98 valence electrons. The van der Waals surface area contributed by atoms with Gasteiger partial charge in [-0.15, -0.1) is 0 Å². The molecule has 3 heterocycles. The Kier molecular flexibility index (Phi) is 2.29. The largest absolute Gasteiger partial charge is 0.339 e. The van der Waals surface area contributed by atoms with Crippen molar-refractivity contribution in [3.63, 3.8) is 0 Å². The van der Waals surface area contributed by atoms with Crippen LogP contribution in [0, 0.1) is 0 Å². The lowest BCUT2D eigenvalue weighted by Crippen LogP contribution is -2.51. The number of hydrogen-bond donors (Lipinski definition) is 1. The number of rotatable bonds is 2. The molecule has 0 aromatic carbocycles. The standard InChI is InChI=1S/C13H20N4O/c14-13(5-7-17-6-1-2-10(17)8-13)12-15-11(18-16-12)9-3-4-9/h9-10H,1-8,14H2. The van der Waals surface area contributed by atoms with E-state index in [2.05, 4.69) is 15.0 Å². The van der Waals surface area contributed by atoms with Crippen LogP contribution >= 0.6 is 0 Å². The normalized spacial score (nSPS) is 36.8. The van der Waals surface area contributed by atoms with E-state index < -0.39 is 0 Å². The summed E-state index contributed by atoms with van der Waals surface area (Å²) in [5.41, 5.74) is 6.20. The number of fused-ring (bicyclic) bond motifs is 1. The number of aromatic nitrogens is 2. The monoisotopic (exact) mass is 248 g/mol. The van der Waals surface area contributed by atoms with Crippen LogP contribution in [0.1, 0.15) is 56.2 Å². The van der Waals surface area contributed by atoms with Gasteiger partial charge in [0.1, 0.15) is 0 Å². The fourth-order valence-electron chi connectivity index (χ4n) is 3.42.